The normalized spacial score (nSPS) is 12.2. The zero-order valence-corrected chi connectivity index (χ0v) is 13.8. The smallest absolute Gasteiger partial charge is 0.161 e. The fourth-order valence-corrected chi connectivity index (χ4v) is 2.37. The standard InChI is InChI=1S/C16H25BrO2/c1-4-6-7-13(5-2)12-19-16-10-14(11-17)8-9-15(16)18-3/h8-10,13H,4-7,11-12H2,1-3H3. The number of hydrogen-bond donors (Lipinski definition) is 0. The Labute approximate surface area is 125 Å². The molecule has 0 aliphatic rings. The average Bonchev–Trinajstić information content (AvgIpc) is 2.47. The largest absolute Gasteiger partial charge is 0.493 e. The van der Waals surface area contributed by atoms with Gasteiger partial charge >= 0.3 is 0 Å². The number of unbranched alkanes of at least 4 members (excludes halogenated alkanes) is 1. The Bertz CT molecular complexity index is 366. The maximum atomic E-state index is 5.97. The molecule has 2 nitrogen and oxygen atoms in total. The van der Waals surface area contributed by atoms with Crippen LogP contribution in [0.5, 0.6) is 11.5 Å². The van der Waals surface area contributed by atoms with Crippen LogP contribution in [-0.2, 0) is 5.33 Å². The molecule has 0 radical (unpaired) electrons. The van der Waals surface area contributed by atoms with Gasteiger partial charge in [-0.1, -0.05) is 55.1 Å². The highest BCUT2D eigenvalue weighted by molar-refractivity contribution is 9.08. The zero-order valence-electron chi connectivity index (χ0n) is 12.2. The molecule has 1 atom stereocenters. The van der Waals surface area contributed by atoms with Crippen LogP contribution in [0, 0.1) is 5.92 Å². The molecule has 108 valence electrons. The zero-order chi connectivity index (χ0) is 14.1. The van der Waals surface area contributed by atoms with Crippen molar-refractivity contribution in [3.05, 3.63) is 23.8 Å². The minimum absolute atomic E-state index is 0.636. The summed E-state index contributed by atoms with van der Waals surface area (Å²) in [7, 11) is 1.68. The first-order valence-electron chi connectivity index (χ1n) is 7.10. The van der Waals surface area contributed by atoms with E-state index in [1.807, 2.05) is 6.07 Å². The van der Waals surface area contributed by atoms with Gasteiger partial charge in [0.05, 0.1) is 13.7 Å². The Morgan fingerprint density at radius 3 is 2.58 bits per heavy atom. The molecule has 3 heteroatoms. The van der Waals surface area contributed by atoms with Crippen LogP contribution in [0.1, 0.15) is 45.1 Å². The number of ether oxygens (including phenoxy) is 2. The molecule has 0 aliphatic carbocycles. The van der Waals surface area contributed by atoms with Crippen LogP contribution in [0.2, 0.25) is 0 Å². The van der Waals surface area contributed by atoms with E-state index in [0.29, 0.717) is 5.92 Å². The lowest BCUT2D eigenvalue weighted by atomic mass is 10.0. The predicted molar refractivity (Wildman–Crippen MR) is 84.4 cm³/mol. The van der Waals surface area contributed by atoms with Crippen LogP contribution >= 0.6 is 15.9 Å². The molecule has 0 N–H and O–H groups in total. The number of hydrogen-bond acceptors (Lipinski definition) is 2. The summed E-state index contributed by atoms with van der Waals surface area (Å²) in [4.78, 5) is 0. The molecule has 1 aromatic rings. The second-order valence-electron chi connectivity index (χ2n) is 4.85. The quantitative estimate of drug-likeness (QED) is 0.581. The van der Waals surface area contributed by atoms with Gasteiger partial charge in [0.2, 0.25) is 0 Å². The number of rotatable bonds is 9. The van der Waals surface area contributed by atoms with E-state index in [-0.39, 0.29) is 0 Å². The highest BCUT2D eigenvalue weighted by Crippen LogP contribution is 2.29. The van der Waals surface area contributed by atoms with Crippen LogP contribution in [0.3, 0.4) is 0 Å². The molecule has 0 saturated heterocycles. The fraction of sp³-hybridized carbons (Fsp3) is 0.625. The molecule has 0 aromatic heterocycles. The van der Waals surface area contributed by atoms with Gasteiger partial charge in [0, 0.05) is 5.33 Å². The molecule has 0 amide bonds. The van der Waals surface area contributed by atoms with Gasteiger partial charge in [0.25, 0.3) is 0 Å². The van der Waals surface area contributed by atoms with E-state index in [9.17, 15) is 0 Å². The third-order valence-corrected chi connectivity index (χ3v) is 4.05. The molecule has 0 bridgehead atoms. The predicted octanol–water partition coefficient (Wildman–Crippen LogP) is 5.19. The van der Waals surface area contributed by atoms with Crippen LogP contribution in [-0.4, -0.2) is 13.7 Å². The maximum Gasteiger partial charge on any atom is 0.161 e. The van der Waals surface area contributed by atoms with Gasteiger partial charge in [0.1, 0.15) is 0 Å². The molecule has 1 rings (SSSR count). The van der Waals surface area contributed by atoms with Crippen molar-refractivity contribution in [1.29, 1.82) is 0 Å². The van der Waals surface area contributed by atoms with E-state index in [1.54, 1.807) is 7.11 Å². The van der Waals surface area contributed by atoms with Crippen molar-refractivity contribution >= 4 is 15.9 Å². The van der Waals surface area contributed by atoms with Gasteiger partial charge in [-0.15, -0.1) is 0 Å². The lowest BCUT2D eigenvalue weighted by molar-refractivity contribution is 0.224. The Morgan fingerprint density at radius 1 is 1.21 bits per heavy atom. The third kappa shape index (κ3) is 5.43. The second kappa shape index (κ2) is 9.24. The number of methoxy groups -OCH3 is 1. The Balaban J connectivity index is 2.63. The minimum Gasteiger partial charge on any atom is -0.493 e. The van der Waals surface area contributed by atoms with E-state index in [2.05, 4.69) is 41.9 Å². The molecule has 0 spiro atoms. The van der Waals surface area contributed by atoms with Crippen molar-refractivity contribution in [2.75, 3.05) is 13.7 Å². The first-order chi connectivity index (χ1) is 9.24. The monoisotopic (exact) mass is 328 g/mol. The summed E-state index contributed by atoms with van der Waals surface area (Å²) < 4.78 is 11.3. The summed E-state index contributed by atoms with van der Waals surface area (Å²) in [6.07, 6.45) is 4.94. The molecule has 19 heavy (non-hydrogen) atoms. The van der Waals surface area contributed by atoms with E-state index in [1.165, 1.54) is 31.2 Å². The molecule has 0 fully saturated rings. The number of alkyl halides is 1. The average molecular weight is 329 g/mol. The summed E-state index contributed by atoms with van der Waals surface area (Å²) in [5.74, 6) is 2.31. The van der Waals surface area contributed by atoms with Crippen LogP contribution in [0.4, 0.5) is 0 Å². The van der Waals surface area contributed by atoms with E-state index >= 15 is 0 Å². The van der Waals surface area contributed by atoms with E-state index < -0.39 is 0 Å². The van der Waals surface area contributed by atoms with E-state index in [0.717, 1.165) is 23.4 Å². The summed E-state index contributed by atoms with van der Waals surface area (Å²) >= 11 is 3.47. The topological polar surface area (TPSA) is 18.5 Å². The number of halogens is 1. The van der Waals surface area contributed by atoms with Gasteiger partial charge in [-0.25, -0.2) is 0 Å². The maximum absolute atomic E-state index is 5.97. The summed E-state index contributed by atoms with van der Waals surface area (Å²) in [5.41, 5.74) is 1.21. The molecular weight excluding hydrogens is 304 g/mol. The Morgan fingerprint density at radius 2 is 2.00 bits per heavy atom. The van der Waals surface area contributed by atoms with Crippen molar-refractivity contribution in [1.82, 2.24) is 0 Å². The third-order valence-electron chi connectivity index (χ3n) is 3.40. The first-order valence-corrected chi connectivity index (χ1v) is 8.22. The van der Waals surface area contributed by atoms with Crippen LogP contribution < -0.4 is 9.47 Å². The van der Waals surface area contributed by atoms with Gasteiger partial charge < -0.3 is 9.47 Å². The van der Waals surface area contributed by atoms with Crippen molar-refractivity contribution in [3.8, 4) is 11.5 Å². The van der Waals surface area contributed by atoms with Gasteiger partial charge in [0.15, 0.2) is 11.5 Å². The highest BCUT2D eigenvalue weighted by atomic mass is 79.9. The first kappa shape index (κ1) is 16.4. The van der Waals surface area contributed by atoms with Crippen molar-refractivity contribution in [3.63, 3.8) is 0 Å². The molecular formula is C16H25BrO2. The Kier molecular flexibility index (Phi) is 7.96. The summed E-state index contributed by atoms with van der Waals surface area (Å²) in [6.45, 7) is 5.24. The lowest BCUT2D eigenvalue weighted by Crippen LogP contribution is -2.11. The highest BCUT2D eigenvalue weighted by Gasteiger charge is 2.10. The summed E-state index contributed by atoms with van der Waals surface area (Å²) in [6, 6.07) is 6.08. The summed E-state index contributed by atoms with van der Waals surface area (Å²) in [5, 5.41) is 0.834. The molecule has 0 aliphatic heterocycles. The number of benzene rings is 1. The molecule has 0 heterocycles. The van der Waals surface area contributed by atoms with Crippen LogP contribution in [0.25, 0.3) is 0 Å². The van der Waals surface area contributed by atoms with Crippen molar-refractivity contribution in [2.45, 2.75) is 44.9 Å². The lowest BCUT2D eigenvalue weighted by Gasteiger charge is -2.17. The van der Waals surface area contributed by atoms with Crippen LogP contribution in [0.15, 0.2) is 18.2 Å². The van der Waals surface area contributed by atoms with Gasteiger partial charge in [-0.05, 0) is 30.0 Å². The Hall–Kier alpha value is -0.700. The van der Waals surface area contributed by atoms with Crippen molar-refractivity contribution in [2.24, 2.45) is 5.92 Å². The van der Waals surface area contributed by atoms with Gasteiger partial charge in [-0.3, -0.25) is 0 Å². The van der Waals surface area contributed by atoms with E-state index in [4.69, 9.17) is 9.47 Å². The SMILES string of the molecule is CCCCC(CC)COc1cc(CBr)ccc1OC. The minimum atomic E-state index is 0.636. The molecule has 1 aromatic carbocycles. The second-order valence-corrected chi connectivity index (χ2v) is 5.41. The molecule has 0 saturated carbocycles. The van der Waals surface area contributed by atoms with Crippen molar-refractivity contribution < 1.29 is 9.47 Å². The molecule has 1 unspecified atom stereocenters. The van der Waals surface area contributed by atoms with Gasteiger partial charge in [-0.2, -0.15) is 0 Å². The fourth-order valence-electron chi connectivity index (χ4n) is 2.02.